The molecule has 0 aliphatic rings. The van der Waals surface area contributed by atoms with Crippen LogP contribution in [0.4, 0.5) is 0 Å². The van der Waals surface area contributed by atoms with Crippen LogP contribution in [0.1, 0.15) is 37.5 Å². The molecule has 2 rings (SSSR count). The SMILES string of the molecule is Cc1ccc(OCC(=O)N(Cc2ccccc2Cl)[C@H](C)C(=O)NC(C)C)c(C)c1. The van der Waals surface area contributed by atoms with Gasteiger partial charge in [-0.2, -0.15) is 0 Å². The van der Waals surface area contributed by atoms with Gasteiger partial charge >= 0.3 is 0 Å². The van der Waals surface area contributed by atoms with Crippen LogP contribution in [-0.2, 0) is 16.1 Å². The van der Waals surface area contributed by atoms with E-state index < -0.39 is 6.04 Å². The van der Waals surface area contributed by atoms with E-state index in [0.717, 1.165) is 16.7 Å². The van der Waals surface area contributed by atoms with Crippen molar-refractivity contribution in [2.24, 2.45) is 0 Å². The van der Waals surface area contributed by atoms with Gasteiger partial charge in [0.05, 0.1) is 0 Å². The lowest BCUT2D eigenvalue weighted by atomic mass is 10.1. The Hall–Kier alpha value is -2.53. The van der Waals surface area contributed by atoms with Gasteiger partial charge in [-0.15, -0.1) is 0 Å². The molecule has 0 aliphatic heterocycles. The quantitative estimate of drug-likeness (QED) is 0.698. The largest absolute Gasteiger partial charge is 0.483 e. The maximum Gasteiger partial charge on any atom is 0.261 e. The molecule has 0 saturated carbocycles. The van der Waals surface area contributed by atoms with Crippen molar-refractivity contribution < 1.29 is 14.3 Å². The highest BCUT2D eigenvalue weighted by atomic mass is 35.5. The van der Waals surface area contributed by atoms with Gasteiger partial charge in [0.2, 0.25) is 5.91 Å². The molecule has 0 aromatic heterocycles. The summed E-state index contributed by atoms with van der Waals surface area (Å²) >= 11 is 6.28. The number of hydrogen-bond donors (Lipinski definition) is 1. The minimum Gasteiger partial charge on any atom is -0.483 e. The van der Waals surface area contributed by atoms with Crippen molar-refractivity contribution in [1.29, 1.82) is 0 Å². The number of hydrogen-bond acceptors (Lipinski definition) is 3. The van der Waals surface area contributed by atoms with Crippen LogP contribution in [0.2, 0.25) is 5.02 Å². The summed E-state index contributed by atoms with van der Waals surface area (Å²) in [5.41, 5.74) is 2.86. The Bertz CT molecular complexity index is 867. The minimum atomic E-state index is -0.663. The fourth-order valence-corrected chi connectivity index (χ4v) is 3.18. The van der Waals surface area contributed by atoms with E-state index >= 15 is 0 Å². The van der Waals surface area contributed by atoms with Crippen molar-refractivity contribution in [3.63, 3.8) is 0 Å². The van der Waals surface area contributed by atoms with Crippen LogP contribution in [0.5, 0.6) is 5.75 Å². The van der Waals surface area contributed by atoms with Crippen LogP contribution in [0.25, 0.3) is 0 Å². The van der Waals surface area contributed by atoms with Gasteiger partial charge in [0, 0.05) is 17.6 Å². The van der Waals surface area contributed by atoms with E-state index in [1.807, 2.05) is 64.1 Å². The van der Waals surface area contributed by atoms with Gasteiger partial charge in [0.25, 0.3) is 5.91 Å². The number of carbonyl (C=O) groups is 2. The Morgan fingerprint density at radius 3 is 2.41 bits per heavy atom. The van der Waals surface area contributed by atoms with E-state index in [0.29, 0.717) is 10.8 Å². The Kier molecular flexibility index (Phi) is 8.09. The summed E-state index contributed by atoms with van der Waals surface area (Å²) in [4.78, 5) is 27.1. The average molecular weight is 417 g/mol. The topological polar surface area (TPSA) is 58.6 Å². The molecule has 2 aromatic carbocycles. The minimum absolute atomic E-state index is 0.0197. The molecule has 0 saturated heterocycles. The first-order valence-electron chi connectivity index (χ1n) is 9.72. The number of ether oxygens (including phenoxy) is 1. The number of amides is 2. The van der Waals surface area contributed by atoms with Crippen LogP contribution >= 0.6 is 11.6 Å². The maximum atomic E-state index is 13.0. The molecule has 2 amide bonds. The van der Waals surface area contributed by atoms with Crippen molar-refractivity contribution in [2.45, 2.75) is 53.2 Å². The second-order valence-corrected chi connectivity index (χ2v) is 7.92. The van der Waals surface area contributed by atoms with Gasteiger partial charge in [0.1, 0.15) is 11.8 Å². The zero-order valence-electron chi connectivity index (χ0n) is 17.7. The maximum absolute atomic E-state index is 13.0. The Morgan fingerprint density at radius 1 is 1.10 bits per heavy atom. The van der Waals surface area contributed by atoms with Gasteiger partial charge in [-0.3, -0.25) is 9.59 Å². The number of carbonyl (C=O) groups excluding carboxylic acids is 2. The van der Waals surface area contributed by atoms with Crippen molar-refractivity contribution in [1.82, 2.24) is 10.2 Å². The summed E-state index contributed by atoms with van der Waals surface area (Å²) in [5, 5.41) is 3.41. The van der Waals surface area contributed by atoms with Crippen molar-refractivity contribution >= 4 is 23.4 Å². The van der Waals surface area contributed by atoms with Crippen LogP contribution in [0.15, 0.2) is 42.5 Å². The van der Waals surface area contributed by atoms with E-state index in [-0.39, 0.29) is 31.0 Å². The molecular weight excluding hydrogens is 388 g/mol. The molecule has 5 nitrogen and oxygen atoms in total. The van der Waals surface area contributed by atoms with Crippen LogP contribution < -0.4 is 10.1 Å². The van der Waals surface area contributed by atoms with E-state index in [1.165, 1.54) is 4.90 Å². The standard InChI is InChI=1S/C23H29ClN2O3/c1-15(2)25-23(28)18(5)26(13-19-8-6-7-9-20(19)24)22(27)14-29-21-11-10-16(3)12-17(21)4/h6-12,15,18H,13-14H2,1-5H3,(H,25,28)/t18-/m1/s1. The summed E-state index contributed by atoms with van der Waals surface area (Å²) in [6.07, 6.45) is 0. The predicted molar refractivity (Wildman–Crippen MR) is 116 cm³/mol. The highest BCUT2D eigenvalue weighted by Crippen LogP contribution is 2.21. The predicted octanol–water partition coefficient (Wildman–Crippen LogP) is 4.28. The van der Waals surface area contributed by atoms with E-state index in [1.54, 1.807) is 13.0 Å². The molecular formula is C23H29ClN2O3. The fourth-order valence-electron chi connectivity index (χ4n) is 2.98. The lowest BCUT2D eigenvalue weighted by Gasteiger charge is -2.29. The lowest BCUT2D eigenvalue weighted by Crippen LogP contribution is -2.50. The summed E-state index contributed by atoms with van der Waals surface area (Å²) in [6.45, 7) is 9.48. The van der Waals surface area contributed by atoms with Gasteiger partial charge < -0.3 is 15.0 Å². The first-order chi connectivity index (χ1) is 13.7. The molecule has 0 spiro atoms. The van der Waals surface area contributed by atoms with E-state index in [9.17, 15) is 9.59 Å². The van der Waals surface area contributed by atoms with Crippen molar-refractivity contribution in [3.8, 4) is 5.75 Å². The molecule has 2 aromatic rings. The molecule has 29 heavy (non-hydrogen) atoms. The van der Waals surface area contributed by atoms with Crippen molar-refractivity contribution in [2.75, 3.05) is 6.61 Å². The van der Waals surface area contributed by atoms with Gasteiger partial charge in [0.15, 0.2) is 6.61 Å². The zero-order chi connectivity index (χ0) is 21.6. The third-order valence-electron chi connectivity index (χ3n) is 4.58. The monoisotopic (exact) mass is 416 g/mol. The Morgan fingerprint density at radius 2 is 1.79 bits per heavy atom. The molecule has 0 bridgehead atoms. The molecule has 156 valence electrons. The van der Waals surface area contributed by atoms with E-state index in [4.69, 9.17) is 16.3 Å². The molecule has 0 heterocycles. The van der Waals surface area contributed by atoms with E-state index in [2.05, 4.69) is 5.32 Å². The third-order valence-corrected chi connectivity index (χ3v) is 4.95. The zero-order valence-corrected chi connectivity index (χ0v) is 18.4. The van der Waals surface area contributed by atoms with Crippen LogP contribution in [0.3, 0.4) is 0 Å². The second-order valence-electron chi connectivity index (χ2n) is 7.51. The van der Waals surface area contributed by atoms with Crippen LogP contribution in [-0.4, -0.2) is 35.4 Å². The lowest BCUT2D eigenvalue weighted by molar-refractivity contribution is -0.142. The molecule has 0 unspecified atom stereocenters. The van der Waals surface area contributed by atoms with Crippen molar-refractivity contribution in [3.05, 3.63) is 64.2 Å². The average Bonchev–Trinajstić information content (AvgIpc) is 2.65. The number of halogens is 1. The summed E-state index contributed by atoms with van der Waals surface area (Å²) in [5.74, 6) is 0.157. The van der Waals surface area contributed by atoms with Gasteiger partial charge in [-0.1, -0.05) is 47.5 Å². The summed E-state index contributed by atoms with van der Waals surface area (Å²) in [7, 11) is 0. The highest BCUT2D eigenvalue weighted by Gasteiger charge is 2.27. The van der Waals surface area contributed by atoms with Gasteiger partial charge in [-0.05, 0) is 57.9 Å². The third kappa shape index (κ3) is 6.50. The molecule has 0 fully saturated rings. The Balaban J connectivity index is 2.19. The normalized spacial score (nSPS) is 11.8. The first-order valence-corrected chi connectivity index (χ1v) is 10.1. The molecule has 1 N–H and O–H groups in total. The molecule has 0 aliphatic carbocycles. The second kappa shape index (κ2) is 10.3. The molecule has 6 heteroatoms. The smallest absolute Gasteiger partial charge is 0.261 e. The number of benzene rings is 2. The fraction of sp³-hybridized carbons (Fsp3) is 0.391. The molecule has 0 radical (unpaired) electrons. The number of nitrogens with one attached hydrogen (secondary N) is 1. The highest BCUT2D eigenvalue weighted by molar-refractivity contribution is 6.31. The molecule has 1 atom stereocenters. The first kappa shape index (κ1) is 22.8. The summed E-state index contributed by atoms with van der Waals surface area (Å²) in [6, 6.07) is 12.4. The van der Waals surface area contributed by atoms with Crippen LogP contribution in [0, 0.1) is 13.8 Å². The number of rotatable bonds is 8. The number of aryl methyl sites for hydroxylation is 2. The summed E-state index contributed by atoms with van der Waals surface area (Å²) < 4.78 is 5.76. The Labute approximate surface area is 178 Å². The van der Waals surface area contributed by atoms with Gasteiger partial charge in [-0.25, -0.2) is 0 Å². The number of nitrogens with zero attached hydrogens (tertiary/aromatic N) is 1.